The number of aromatic nitrogens is 1. The third-order valence-electron chi connectivity index (χ3n) is 6.21. The summed E-state index contributed by atoms with van der Waals surface area (Å²) in [4.78, 5) is 74.6. The highest BCUT2D eigenvalue weighted by molar-refractivity contribution is 6.01. The van der Waals surface area contributed by atoms with Gasteiger partial charge in [0.2, 0.25) is 11.8 Å². The molecule has 1 aromatic carbocycles. The van der Waals surface area contributed by atoms with E-state index >= 15 is 0 Å². The molecule has 0 radical (unpaired) electrons. The maximum Gasteiger partial charge on any atom is 0.330 e. The fourth-order valence-corrected chi connectivity index (χ4v) is 3.77. The number of carbonyl (C=O) groups is 5. The van der Waals surface area contributed by atoms with Crippen molar-refractivity contribution in [3.8, 4) is 0 Å². The lowest BCUT2D eigenvalue weighted by molar-refractivity contribution is -0.143. The SMILES string of the molecule is CCOC(=O)C=CCC[C@H](NC(=O)c1ccccc1)C(=O)Nc1cccn(CC(=O)N[C@H](C(=O)O)[C@H](C)CC)c1=O. The molecule has 0 aliphatic heterocycles. The van der Waals surface area contributed by atoms with Crippen molar-refractivity contribution in [3.05, 3.63) is 76.7 Å². The van der Waals surface area contributed by atoms with Gasteiger partial charge in [0.15, 0.2) is 0 Å². The zero-order valence-electron chi connectivity index (χ0n) is 23.3. The van der Waals surface area contributed by atoms with Gasteiger partial charge in [-0.25, -0.2) is 9.59 Å². The Morgan fingerprint density at radius 3 is 2.37 bits per heavy atom. The standard InChI is InChI=1S/C29H36N4O8/c1-4-19(3)25(29(39)40)32-23(34)18-33-17-11-15-22(28(33)38)31-27(37)21(14-9-10-16-24(35)41-5-2)30-26(36)20-12-7-6-8-13-20/h6-8,10-13,15-17,19,21,25H,4-5,9,14,18H2,1-3H3,(H,30,36)(H,31,37)(H,32,34)(H,39,40)/t19-,21+,25+/m1/s1. The van der Waals surface area contributed by atoms with E-state index in [0.717, 1.165) is 4.57 Å². The van der Waals surface area contributed by atoms with Crippen LogP contribution in [0, 0.1) is 5.92 Å². The molecule has 0 aliphatic carbocycles. The van der Waals surface area contributed by atoms with Crippen LogP contribution in [0.3, 0.4) is 0 Å². The molecule has 0 bridgehead atoms. The van der Waals surface area contributed by atoms with Crippen LogP contribution in [0.4, 0.5) is 5.69 Å². The molecule has 12 heteroatoms. The Hall–Kier alpha value is -4.74. The quantitative estimate of drug-likeness (QED) is 0.187. The number of pyridine rings is 1. The maximum absolute atomic E-state index is 13.2. The summed E-state index contributed by atoms with van der Waals surface area (Å²) in [5, 5.41) is 17.0. The van der Waals surface area contributed by atoms with Crippen LogP contribution >= 0.6 is 0 Å². The molecular formula is C29H36N4O8. The number of aliphatic carboxylic acids is 1. The van der Waals surface area contributed by atoms with Gasteiger partial charge in [0.1, 0.15) is 24.3 Å². The van der Waals surface area contributed by atoms with Crippen LogP contribution in [0.2, 0.25) is 0 Å². The molecule has 41 heavy (non-hydrogen) atoms. The average Bonchev–Trinajstić information content (AvgIpc) is 2.95. The molecule has 220 valence electrons. The van der Waals surface area contributed by atoms with Crippen molar-refractivity contribution < 1.29 is 33.8 Å². The molecule has 2 aromatic rings. The van der Waals surface area contributed by atoms with E-state index in [1.165, 1.54) is 30.5 Å². The van der Waals surface area contributed by atoms with Gasteiger partial charge in [-0.3, -0.25) is 19.2 Å². The van der Waals surface area contributed by atoms with Gasteiger partial charge in [0.25, 0.3) is 11.5 Å². The zero-order chi connectivity index (χ0) is 30.4. The molecule has 3 atom stereocenters. The first kappa shape index (κ1) is 32.5. The average molecular weight is 569 g/mol. The lowest BCUT2D eigenvalue weighted by Gasteiger charge is -2.20. The number of rotatable bonds is 15. The van der Waals surface area contributed by atoms with Gasteiger partial charge >= 0.3 is 11.9 Å². The summed E-state index contributed by atoms with van der Waals surface area (Å²) in [7, 11) is 0. The molecule has 2 rings (SSSR count). The summed E-state index contributed by atoms with van der Waals surface area (Å²) >= 11 is 0. The monoisotopic (exact) mass is 568 g/mol. The number of nitrogens with one attached hydrogen (secondary N) is 3. The Morgan fingerprint density at radius 1 is 1.02 bits per heavy atom. The van der Waals surface area contributed by atoms with Crippen molar-refractivity contribution in [2.45, 2.75) is 58.7 Å². The second-order valence-electron chi connectivity index (χ2n) is 9.24. The number of carbonyl (C=O) groups excluding carboxylic acids is 4. The van der Waals surface area contributed by atoms with Gasteiger partial charge in [0, 0.05) is 17.8 Å². The highest BCUT2D eigenvalue weighted by Gasteiger charge is 2.26. The lowest BCUT2D eigenvalue weighted by atomic mass is 9.99. The van der Waals surface area contributed by atoms with E-state index in [2.05, 4.69) is 16.0 Å². The summed E-state index contributed by atoms with van der Waals surface area (Å²) < 4.78 is 5.87. The first-order chi connectivity index (χ1) is 19.6. The molecule has 0 unspecified atom stereocenters. The highest BCUT2D eigenvalue weighted by atomic mass is 16.5. The fraction of sp³-hybridized carbons (Fsp3) is 0.379. The Morgan fingerprint density at radius 2 is 1.73 bits per heavy atom. The third kappa shape index (κ3) is 10.4. The van der Waals surface area contributed by atoms with Gasteiger partial charge in [-0.05, 0) is 49.9 Å². The molecule has 0 saturated heterocycles. The predicted molar refractivity (Wildman–Crippen MR) is 151 cm³/mol. The van der Waals surface area contributed by atoms with Crippen molar-refractivity contribution in [3.63, 3.8) is 0 Å². The van der Waals surface area contributed by atoms with Crippen LogP contribution in [0.25, 0.3) is 0 Å². The molecule has 0 fully saturated rings. The summed E-state index contributed by atoms with van der Waals surface area (Å²) in [5.74, 6) is -3.90. The molecular weight excluding hydrogens is 532 g/mol. The second-order valence-corrected chi connectivity index (χ2v) is 9.24. The summed E-state index contributed by atoms with van der Waals surface area (Å²) in [5.41, 5.74) is -0.498. The number of ether oxygens (including phenoxy) is 1. The molecule has 0 spiro atoms. The molecule has 0 saturated carbocycles. The molecule has 4 N–H and O–H groups in total. The highest BCUT2D eigenvalue weighted by Crippen LogP contribution is 2.09. The summed E-state index contributed by atoms with van der Waals surface area (Å²) in [6.07, 6.45) is 4.96. The van der Waals surface area contributed by atoms with Gasteiger partial charge in [-0.15, -0.1) is 0 Å². The smallest absolute Gasteiger partial charge is 0.330 e. The first-order valence-electron chi connectivity index (χ1n) is 13.3. The Balaban J connectivity index is 2.18. The predicted octanol–water partition coefficient (Wildman–Crippen LogP) is 2.10. The lowest BCUT2D eigenvalue weighted by Crippen LogP contribution is -2.47. The van der Waals surface area contributed by atoms with Crippen LogP contribution < -0.4 is 21.5 Å². The van der Waals surface area contributed by atoms with Crippen LogP contribution in [-0.4, -0.2) is 58.0 Å². The number of anilines is 1. The topological polar surface area (TPSA) is 173 Å². The van der Waals surface area contributed by atoms with E-state index in [1.54, 1.807) is 51.1 Å². The normalized spacial score (nSPS) is 13.0. The molecule has 3 amide bonds. The van der Waals surface area contributed by atoms with E-state index in [9.17, 15) is 33.9 Å². The number of carboxylic acids is 1. The van der Waals surface area contributed by atoms with Gasteiger partial charge in [-0.2, -0.15) is 0 Å². The van der Waals surface area contributed by atoms with Gasteiger partial charge in [-0.1, -0.05) is 44.5 Å². The molecule has 12 nitrogen and oxygen atoms in total. The van der Waals surface area contributed by atoms with Crippen LogP contribution in [0.1, 0.15) is 50.4 Å². The Labute approximate surface area is 237 Å². The second kappa shape index (κ2) is 16.4. The van der Waals surface area contributed by atoms with E-state index in [4.69, 9.17) is 4.74 Å². The zero-order valence-corrected chi connectivity index (χ0v) is 23.3. The van der Waals surface area contributed by atoms with Crippen LogP contribution in [0.5, 0.6) is 0 Å². The third-order valence-corrected chi connectivity index (χ3v) is 6.21. The molecule has 0 aliphatic rings. The minimum atomic E-state index is -1.18. The van der Waals surface area contributed by atoms with Gasteiger partial charge < -0.3 is 30.4 Å². The number of amides is 3. The largest absolute Gasteiger partial charge is 0.480 e. The molecule has 1 heterocycles. The summed E-state index contributed by atoms with van der Waals surface area (Å²) in [6.45, 7) is 4.93. The van der Waals surface area contributed by atoms with Gasteiger partial charge in [0.05, 0.1) is 6.61 Å². The minimum absolute atomic E-state index is 0.107. The minimum Gasteiger partial charge on any atom is -0.480 e. The number of allylic oxidation sites excluding steroid dienone is 1. The number of benzene rings is 1. The number of hydrogen-bond donors (Lipinski definition) is 4. The number of esters is 1. The first-order valence-corrected chi connectivity index (χ1v) is 13.3. The van der Waals surface area contributed by atoms with Crippen molar-refractivity contribution in [1.29, 1.82) is 0 Å². The van der Waals surface area contributed by atoms with Crippen molar-refractivity contribution >= 4 is 35.3 Å². The number of hydrogen-bond acceptors (Lipinski definition) is 7. The van der Waals surface area contributed by atoms with Crippen LogP contribution in [-0.2, 0) is 30.5 Å². The van der Waals surface area contributed by atoms with Crippen molar-refractivity contribution in [2.24, 2.45) is 5.92 Å². The van der Waals surface area contributed by atoms with E-state index in [1.807, 2.05) is 0 Å². The number of nitrogens with zero attached hydrogens (tertiary/aromatic N) is 1. The van der Waals surface area contributed by atoms with Crippen LogP contribution in [0.15, 0.2) is 65.6 Å². The van der Waals surface area contributed by atoms with E-state index in [-0.39, 0.29) is 31.1 Å². The van der Waals surface area contributed by atoms with E-state index in [0.29, 0.717) is 12.0 Å². The Bertz CT molecular complexity index is 1310. The fourth-order valence-electron chi connectivity index (χ4n) is 3.77. The van der Waals surface area contributed by atoms with E-state index < -0.39 is 53.8 Å². The van der Waals surface area contributed by atoms with Crippen molar-refractivity contribution in [1.82, 2.24) is 15.2 Å². The van der Waals surface area contributed by atoms with Crippen molar-refractivity contribution in [2.75, 3.05) is 11.9 Å². The maximum atomic E-state index is 13.2. The Kier molecular flexibility index (Phi) is 13.0. The number of carboxylic acid groups (broad SMARTS) is 1. The molecule has 1 aromatic heterocycles. The summed E-state index contributed by atoms with van der Waals surface area (Å²) in [6, 6.07) is 8.89.